The zero-order valence-electron chi connectivity index (χ0n) is 14.9. The van der Waals surface area contributed by atoms with Gasteiger partial charge in [-0.1, -0.05) is 24.3 Å². The van der Waals surface area contributed by atoms with Crippen LogP contribution in [0.2, 0.25) is 0 Å². The number of nitrogens with two attached hydrogens (primary N) is 1. The topological polar surface area (TPSA) is 99.5 Å². The number of nitrogen functional groups attached to an aromatic ring is 1. The highest BCUT2D eigenvalue weighted by Crippen LogP contribution is 2.24. The maximum atomic E-state index is 5.86. The van der Waals surface area contributed by atoms with E-state index >= 15 is 0 Å². The van der Waals surface area contributed by atoms with Crippen molar-refractivity contribution in [2.45, 2.75) is 20.4 Å². The second-order valence-corrected chi connectivity index (χ2v) is 6.30. The van der Waals surface area contributed by atoms with Crippen LogP contribution in [0.4, 0.5) is 17.5 Å². The van der Waals surface area contributed by atoms with E-state index in [1.54, 1.807) is 6.20 Å². The van der Waals surface area contributed by atoms with E-state index in [-0.39, 0.29) is 5.95 Å². The maximum absolute atomic E-state index is 5.86. The summed E-state index contributed by atoms with van der Waals surface area (Å²) in [7, 11) is 1.90. The Bertz CT molecular complexity index is 1090. The van der Waals surface area contributed by atoms with Crippen molar-refractivity contribution >= 4 is 28.6 Å². The number of hydrogen-bond acceptors (Lipinski definition) is 6. The molecule has 8 heteroatoms. The Morgan fingerprint density at radius 1 is 1.12 bits per heavy atom. The highest BCUT2D eigenvalue weighted by molar-refractivity contribution is 5.86. The molecule has 0 fully saturated rings. The number of nitrogens with one attached hydrogen (secondary N) is 1. The van der Waals surface area contributed by atoms with Gasteiger partial charge in [0, 0.05) is 13.2 Å². The summed E-state index contributed by atoms with van der Waals surface area (Å²) >= 11 is 0. The number of benzene rings is 1. The summed E-state index contributed by atoms with van der Waals surface area (Å²) in [6.45, 7) is 4.72. The van der Waals surface area contributed by atoms with Crippen molar-refractivity contribution in [2.24, 2.45) is 7.05 Å². The molecule has 3 N–H and O–H groups in total. The van der Waals surface area contributed by atoms with Gasteiger partial charge >= 0.3 is 0 Å². The number of nitrogens with zero attached hydrogens (tertiary/aromatic N) is 6. The number of fused-ring (bicyclic) bond motifs is 1. The summed E-state index contributed by atoms with van der Waals surface area (Å²) in [5.41, 5.74) is 10.5. The first-order valence-electron chi connectivity index (χ1n) is 8.32. The van der Waals surface area contributed by atoms with Gasteiger partial charge < -0.3 is 15.6 Å². The van der Waals surface area contributed by atoms with Crippen LogP contribution in [0.15, 0.2) is 36.7 Å². The van der Waals surface area contributed by atoms with Crippen molar-refractivity contribution in [1.82, 2.24) is 29.3 Å². The molecule has 8 nitrogen and oxygen atoms in total. The summed E-state index contributed by atoms with van der Waals surface area (Å²) in [4.78, 5) is 13.1. The first-order chi connectivity index (χ1) is 12.5. The molecule has 0 atom stereocenters. The largest absolute Gasteiger partial charge is 0.368 e. The molecule has 0 spiro atoms. The van der Waals surface area contributed by atoms with Crippen LogP contribution in [0, 0.1) is 13.8 Å². The monoisotopic (exact) mass is 348 g/mol. The second kappa shape index (κ2) is 6.14. The molecule has 0 saturated heterocycles. The van der Waals surface area contributed by atoms with Crippen molar-refractivity contribution in [2.75, 3.05) is 11.1 Å². The van der Waals surface area contributed by atoms with Gasteiger partial charge in [0.15, 0.2) is 17.0 Å². The lowest BCUT2D eigenvalue weighted by molar-refractivity contribution is 0.684. The van der Waals surface area contributed by atoms with Gasteiger partial charge in [0.25, 0.3) is 0 Å². The normalized spacial score (nSPS) is 11.2. The van der Waals surface area contributed by atoms with E-state index in [2.05, 4.69) is 44.4 Å². The standard InChI is InChI=1S/C18H20N8/c1-11-6-4-5-7-13(11)9-26-10-14(8-20-26)22-16-15-17(24-18(19)23-16)25(3)12(2)21-15/h4-8,10H,9H2,1-3H3,(H3,19,22,23,24). The molecule has 4 rings (SSSR count). The van der Waals surface area contributed by atoms with Gasteiger partial charge in [-0.2, -0.15) is 15.1 Å². The summed E-state index contributed by atoms with van der Waals surface area (Å²) in [5, 5.41) is 7.69. The lowest BCUT2D eigenvalue weighted by atomic mass is 10.1. The van der Waals surface area contributed by atoms with Crippen LogP contribution in [0.3, 0.4) is 0 Å². The van der Waals surface area contributed by atoms with Gasteiger partial charge in [-0.3, -0.25) is 4.68 Å². The summed E-state index contributed by atoms with van der Waals surface area (Å²) in [6.07, 6.45) is 3.70. The van der Waals surface area contributed by atoms with E-state index < -0.39 is 0 Å². The first-order valence-corrected chi connectivity index (χ1v) is 8.32. The minimum absolute atomic E-state index is 0.204. The molecular formula is C18H20N8. The van der Waals surface area contributed by atoms with Crippen LogP contribution in [-0.4, -0.2) is 29.3 Å². The highest BCUT2D eigenvalue weighted by Gasteiger charge is 2.14. The highest BCUT2D eigenvalue weighted by atomic mass is 15.3. The molecule has 132 valence electrons. The van der Waals surface area contributed by atoms with Crippen molar-refractivity contribution in [3.05, 3.63) is 53.6 Å². The summed E-state index contributed by atoms with van der Waals surface area (Å²) in [6, 6.07) is 8.28. The Kier molecular flexibility index (Phi) is 3.80. The molecule has 0 aliphatic carbocycles. The number of rotatable bonds is 4. The van der Waals surface area contributed by atoms with Gasteiger partial charge in [0.05, 0.1) is 18.4 Å². The number of imidazole rings is 1. The quantitative estimate of drug-likeness (QED) is 0.588. The first kappa shape index (κ1) is 16.1. The van der Waals surface area contributed by atoms with E-state index in [0.717, 1.165) is 11.5 Å². The lowest BCUT2D eigenvalue weighted by Gasteiger charge is -2.06. The van der Waals surface area contributed by atoms with Crippen LogP contribution in [0.1, 0.15) is 17.0 Å². The third-order valence-electron chi connectivity index (χ3n) is 4.45. The van der Waals surface area contributed by atoms with Gasteiger partial charge in [-0.05, 0) is 25.0 Å². The molecule has 1 aromatic carbocycles. The van der Waals surface area contributed by atoms with Gasteiger partial charge in [0.2, 0.25) is 5.95 Å². The fourth-order valence-corrected chi connectivity index (χ4v) is 2.89. The maximum Gasteiger partial charge on any atom is 0.224 e. The van der Waals surface area contributed by atoms with Crippen molar-refractivity contribution in [3.63, 3.8) is 0 Å². The van der Waals surface area contributed by atoms with Gasteiger partial charge in [0.1, 0.15) is 5.82 Å². The second-order valence-electron chi connectivity index (χ2n) is 6.30. The van der Waals surface area contributed by atoms with E-state index in [1.165, 1.54) is 11.1 Å². The Balaban J connectivity index is 1.63. The Hall–Kier alpha value is -3.42. The molecule has 3 aromatic heterocycles. The lowest BCUT2D eigenvalue weighted by Crippen LogP contribution is -2.03. The van der Waals surface area contributed by atoms with Crippen molar-refractivity contribution in [1.29, 1.82) is 0 Å². The van der Waals surface area contributed by atoms with Crippen LogP contribution in [-0.2, 0) is 13.6 Å². The van der Waals surface area contributed by atoms with Gasteiger partial charge in [-0.15, -0.1) is 0 Å². The molecular weight excluding hydrogens is 328 g/mol. The van der Waals surface area contributed by atoms with E-state index in [0.29, 0.717) is 23.5 Å². The number of aryl methyl sites for hydroxylation is 3. The molecule has 0 amide bonds. The smallest absolute Gasteiger partial charge is 0.224 e. The van der Waals surface area contributed by atoms with E-state index in [4.69, 9.17) is 5.73 Å². The van der Waals surface area contributed by atoms with Crippen LogP contribution in [0.25, 0.3) is 11.2 Å². The van der Waals surface area contributed by atoms with Crippen molar-refractivity contribution in [3.8, 4) is 0 Å². The van der Waals surface area contributed by atoms with E-state index in [9.17, 15) is 0 Å². The molecule has 0 unspecified atom stereocenters. The Morgan fingerprint density at radius 3 is 2.73 bits per heavy atom. The molecule has 4 aromatic rings. The third-order valence-corrected chi connectivity index (χ3v) is 4.45. The minimum Gasteiger partial charge on any atom is -0.368 e. The average molecular weight is 348 g/mol. The van der Waals surface area contributed by atoms with Crippen LogP contribution < -0.4 is 11.1 Å². The minimum atomic E-state index is 0.204. The third kappa shape index (κ3) is 2.85. The Labute approximate surface area is 150 Å². The number of hydrogen-bond donors (Lipinski definition) is 2. The van der Waals surface area contributed by atoms with Crippen molar-refractivity contribution < 1.29 is 0 Å². The SMILES string of the molecule is Cc1ccccc1Cn1cc(Nc2nc(N)nc3c2nc(C)n3C)cn1. The van der Waals surface area contributed by atoms with Gasteiger partial charge in [-0.25, -0.2) is 4.98 Å². The number of anilines is 3. The summed E-state index contributed by atoms with van der Waals surface area (Å²) < 4.78 is 3.77. The fraction of sp³-hybridized carbons (Fsp3) is 0.222. The Morgan fingerprint density at radius 2 is 1.92 bits per heavy atom. The molecule has 0 bridgehead atoms. The molecule has 0 aliphatic rings. The fourth-order valence-electron chi connectivity index (χ4n) is 2.89. The predicted molar refractivity (Wildman–Crippen MR) is 101 cm³/mol. The molecule has 0 aliphatic heterocycles. The summed E-state index contributed by atoms with van der Waals surface area (Å²) in [5.74, 6) is 1.63. The zero-order valence-corrected chi connectivity index (χ0v) is 14.9. The molecule has 0 saturated carbocycles. The average Bonchev–Trinajstić information content (AvgIpc) is 3.16. The van der Waals surface area contributed by atoms with E-state index in [1.807, 2.05) is 41.5 Å². The molecule has 0 radical (unpaired) electrons. The van der Waals surface area contributed by atoms with Crippen LogP contribution in [0.5, 0.6) is 0 Å². The molecule has 3 heterocycles. The zero-order chi connectivity index (χ0) is 18.3. The number of aromatic nitrogens is 6. The molecule has 26 heavy (non-hydrogen) atoms. The predicted octanol–water partition coefficient (Wildman–Crippen LogP) is 2.55. The van der Waals surface area contributed by atoms with Crippen LogP contribution >= 0.6 is 0 Å².